The number of hydrogen-bond acceptors (Lipinski definition) is 2. The van der Waals surface area contributed by atoms with E-state index in [4.69, 9.17) is 0 Å². The van der Waals surface area contributed by atoms with Gasteiger partial charge in [0.1, 0.15) is 0 Å². The fourth-order valence-corrected chi connectivity index (χ4v) is 4.07. The molecule has 2 N–H and O–H groups in total. The van der Waals surface area contributed by atoms with Crippen LogP contribution in [0.3, 0.4) is 0 Å². The first-order chi connectivity index (χ1) is 10.8. The highest BCUT2D eigenvalue weighted by atomic mass is 16.3. The van der Waals surface area contributed by atoms with Crippen molar-refractivity contribution >= 4 is 10.8 Å². The lowest BCUT2D eigenvalue weighted by molar-refractivity contribution is 0.396. The Kier molecular flexibility index (Phi) is 2.14. The van der Waals surface area contributed by atoms with Gasteiger partial charge in [-0.25, -0.2) is 0 Å². The third-order valence-electron chi connectivity index (χ3n) is 5.03. The van der Waals surface area contributed by atoms with Crippen molar-refractivity contribution in [3.05, 3.63) is 65.7 Å². The van der Waals surface area contributed by atoms with Gasteiger partial charge in [0.15, 0.2) is 0 Å². The van der Waals surface area contributed by atoms with Gasteiger partial charge in [-0.1, -0.05) is 48.6 Å². The van der Waals surface area contributed by atoms with Crippen molar-refractivity contribution in [2.24, 2.45) is 0 Å². The first-order valence-electron chi connectivity index (χ1n) is 7.58. The van der Waals surface area contributed by atoms with E-state index in [1.54, 1.807) is 4.57 Å². The van der Waals surface area contributed by atoms with Crippen LogP contribution in [0.1, 0.15) is 29.4 Å². The molecular weight excluding hydrogens is 274 g/mol. The van der Waals surface area contributed by atoms with Crippen LogP contribution >= 0.6 is 0 Å². The summed E-state index contributed by atoms with van der Waals surface area (Å²) in [6.07, 6.45) is 5.25. The molecule has 2 atom stereocenters. The van der Waals surface area contributed by atoms with Crippen LogP contribution in [0, 0.1) is 0 Å². The molecule has 22 heavy (non-hydrogen) atoms. The average molecular weight is 289 g/mol. The van der Waals surface area contributed by atoms with E-state index in [0.29, 0.717) is 0 Å². The van der Waals surface area contributed by atoms with E-state index in [-0.39, 0.29) is 23.6 Å². The fraction of sp³-hybridized carbons (Fsp3) is 0.158. The zero-order chi connectivity index (χ0) is 14.8. The molecule has 2 unspecified atom stereocenters. The number of allylic oxidation sites excluding steroid dienone is 2. The quantitative estimate of drug-likeness (QED) is 0.660. The predicted molar refractivity (Wildman–Crippen MR) is 85.8 cm³/mol. The summed E-state index contributed by atoms with van der Waals surface area (Å²) in [5.74, 6) is 0.839. The molecule has 2 aliphatic carbocycles. The van der Waals surface area contributed by atoms with Gasteiger partial charge >= 0.3 is 0 Å². The molecule has 3 nitrogen and oxygen atoms in total. The molecule has 0 saturated carbocycles. The zero-order valence-corrected chi connectivity index (χ0v) is 11.9. The molecule has 5 rings (SSSR count). The standard InChI is InChI=1S/C19H15NO2/c21-18-16-12-8-9-13(10-12)17(16)19(22)20(18)15-7-3-5-11-4-1-2-6-14(11)15/h1-9,12-13,21-22H,10H2. The lowest BCUT2D eigenvalue weighted by atomic mass is 10.0. The summed E-state index contributed by atoms with van der Waals surface area (Å²) < 4.78 is 1.60. The Morgan fingerprint density at radius 3 is 2.18 bits per heavy atom. The van der Waals surface area contributed by atoms with Crippen molar-refractivity contribution in [2.45, 2.75) is 18.3 Å². The Bertz CT molecular complexity index is 911. The van der Waals surface area contributed by atoms with Crippen LogP contribution in [-0.4, -0.2) is 14.8 Å². The summed E-state index contributed by atoms with van der Waals surface area (Å²) >= 11 is 0. The summed E-state index contributed by atoms with van der Waals surface area (Å²) in [5.41, 5.74) is 2.62. The van der Waals surface area contributed by atoms with Gasteiger partial charge in [-0.2, -0.15) is 0 Å². The molecule has 3 heteroatoms. The minimum Gasteiger partial charge on any atom is -0.494 e. The second kappa shape index (κ2) is 3.95. The molecule has 2 aromatic carbocycles. The number of hydrogen-bond donors (Lipinski definition) is 2. The Balaban J connectivity index is 1.84. The van der Waals surface area contributed by atoms with Gasteiger partial charge in [0, 0.05) is 28.3 Å². The van der Waals surface area contributed by atoms with Crippen molar-refractivity contribution in [3.8, 4) is 17.4 Å². The van der Waals surface area contributed by atoms with Gasteiger partial charge in [0.2, 0.25) is 11.8 Å². The van der Waals surface area contributed by atoms with Crippen LogP contribution in [0.4, 0.5) is 0 Å². The average Bonchev–Trinajstić information content (AvgIpc) is 3.21. The van der Waals surface area contributed by atoms with E-state index < -0.39 is 0 Å². The monoisotopic (exact) mass is 289 g/mol. The Hall–Kier alpha value is -2.68. The number of fused-ring (bicyclic) bond motifs is 6. The molecule has 1 aromatic heterocycles. The van der Waals surface area contributed by atoms with E-state index in [9.17, 15) is 10.2 Å². The molecule has 1 heterocycles. The van der Waals surface area contributed by atoms with E-state index in [1.807, 2.05) is 42.5 Å². The number of aromatic hydroxyl groups is 2. The Morgan fingerprint density at radius 1 is 0.818 bits per heavy atom. The maximum absolute atomic E-state index is 10.7. The van der Waals surface area contributed by atoms with E-state index in [1.165, 1.54) is 0 Å². The van der Waals surface area contributed by atoms with Gasteiger partial charge < -0.3 is 10.2 Å². The number of benzene rings is 2. The van der Waals surface area contributed by atoms with E-state index >= 15 is 0 Å². The minimum atomic E-state index is 0.181. The molecule has 2 aliphatic rings. The van der Waals surface area contributed by atoms with Crippen molar-refractivity contribution < 1.29 is 10.2 Å². The second-order valence-electron chi connectivity index (χ2n) is 6.14. The maximum atomic E-state index is 10.7. The third kappa shape index (κ3) is 1.31. The van der Waals surface area contributed by atoms with Gasteiger partial charge in [-0.15, -0.1) is 0 Å². The van der Waals surface area contributed by atoms with Crippen molar-refractivity contribution in [3.63, 3.8) is 0 Å². The highest BCUT2D eigenvalue weighted by molar-refractivity contribution is 5.91. The van der Waals surface area contributed by atoms with Crippen molar-refractivity contribution in [1.29, 1.82) is 0 Å². The Labute approximate surface area is 127 Å². The summed E-state index contributed by atoms with van der Waals surface area (Å²) in [5, 5.41) is 23.6. The van der Waals surface area contributed by atoms with Crippen molar-refractivity contribution in [2.75, 3.05) is 0 Å². The summed E-state index contributed by atoms with van der Waals surface area (Å²) in [7, 11) is 0. The van der Waals surface area contributed by atoms with Gasteiger partial charge in [0.25, 0.3) is 0 Å². The summed E-state index contributed by atoms with van der Waals surface area (Å²) in [6.45, 7) is 0. The third-order valence-corrected chi connectivity index (χ3v) is 5.03. The van der Waals surface area contributed by atoms with Gasteiger partial charge in [-0.05, 0) is 17.9 Å². The maximum Gasteiger partial charge on any atom is 0.202 e. The molecule has 0 spiro atoms. The molecule has 0 amide bonds. The fourth-order valence-electron chi connectivity index (χ4n) is 4.07. The molecule has 108 valence electrons. The van der Waals surface area contributed by atoms with Crippen molar-refractivity contribution in [1.82, 2.24) is 4.57 Å². The lowest BCUT2D eigenvalue weighted by Crippen LogP contribution is -1.96. The first-order valence-corrected chi connectivity index (χ1v) is 7.58. The van der Waals surface area contributed by atoms with Gasteiger partial charge in [0.05, 0.1) is 5.69 Å². The first kappa shape index (κ1) is 11.9. The lowest BCUT2D eigenvalue weighted by Gasteiger charge is -2.12. The van der Waals surface area contributed by atoms with Crippen LogP contribution in [0.25, 0.3) is 16.5 Å². The topological polar surface area (TPSA) is 45.4 Å². The molecule has 3 aromatic rings. The summed E-state index contributed by atoms with van der Waals surface area (Å²) in [4.78, 5) is 0. The van der Waals surface area contributed by atoms with E-state index in [2.05, 4.69) is 12.2 Å². The van der Waals surface area contributed by atoms with Crippen LogP contribution < -0.4 is 0 Å². The molecule has 0 fully saturated rings. The SMILES string of the molecule is Oc1c2c(c(O)n1-c1cccc3ccccc13)C1C=CC2C1. The van der Waals surface area contributed by atoms with Gasteiger partial charge in [-0.3, -0.25) is 4.57 Å². The highest BCUT2D eigenvalue weighted by Gasteiger charge is 2.41. The van der Waals surface area contributed by atoms with Crippen LogP contribution in [0.15, 0.2) is 54.6 Å². The normalized spacial score (nSPS) is 21.6. The molecule has 0 aliphatic heterocycles. The Morgan fingerprint density at radius 2 is 1.45 bits per heavy atom. The van der Waals surface area contributed by atoms with Crippen LogP contribution in [0.2, 0.25) is 0 Å². The molecular formula is C19H15NO2. The summed E-state index contributed by atoms with van der Waals surface area (Å²) in [6, 6.07) is 13.9. The molecule has 2 bridgehead atoms. The zero-order valence-electron chi connectivity index (χ0n) is 11.9. The van der Waals surface area contributed by atoms with Crippen LogP contribution in [0.5, 0.6) is 11.8 Å². The largest absolute Gasteiger partial charge is 0.494 e. The second-order valence-corrected chi connectivity index (χ2v) is 6.14. The van der Waals surface area contributed by atoms with Crippen LogP contribution in [-0.2, 0) is 0 Å². The molecule has 0 saturated heterocycles. The number of rotatable bonds is 1. The minimum absolute atomic E-state index is 0.181. The number of nitrogens with zero attached hydrogens (tertiary/aromatic N) is 1. The predicted octanol–water partition coefficient (Wildman–Crippen LogP) is 4.18. The number of aromatic nitrogens is 1. The molecule has 0 radical (unpaired) electrons. The smallest absolute Gasteiger partial charge is 0.202 e. The van der Waals surface area contributed by atoms with E-state index in [0.717, 1.165) is 34.0 Å². The highest BCUT2D eigenvalue weighted by Crippen LogP contribution is 2.57.